The first-order chi connectivity index (χ1) is 20.4. The van der Waals surface area contributed by atoms with Gasteiger partial charge >= 0.3 is 5.97 Å². The van der Waals surface area contributed by atoms with Crippen molar-refractivity contribution in [3.63, 3.8) is 0 Å². The third kappa shape index (κ3) is 5.75. The molecule has 1 aliphatic rings. The van der Waals surface area contributed by atoms with Crippen molar-refractivity contribution in [2.45, 2.75) is 40.2 Å². The highest BCUT2D eigenvalue weighted by molar-refractivity contribution is 7.13. The summed E-state index contributed by atoms with van der Waals surface area (Å²) in [4.78, 5) is 35.1. The van der Waals surface area contributed by atoms with Crippen LogP contribution in [0.3, 0.4) is 0 Å². The largest absolute Gasteiger partial charge is 0.493 e. The smallest absolute Gasteiger partial charge is 0.357 e. The van der Waals surface area contributed by atoms with Gasteiger partial charge in [-0.15, -0.1) is 11.3 Å². The summed E-state index contributed by atoms with van der Waals surface area (Å²) < 4.78 is 11.4. The quantitative estimate of drug-likeness (QED) is 0.218. The molecule has 1 aliphatic heterocycles. The number of aromatic nitrogens is 1. The molecule has 0 saturated carbocycles. The summed E-state index contributed by atoms with van der Waals surface area (Å²) in [7, 11) is 1.34. The first kappa shape index (κ1) is 29.3. The van der Waals surface area contributed by atoms with E-state index in [0.29, 0.717) is 47.1 Å². The fourth-order valence-corrected chi connectivity index (χ4v) is 6.29. The fourth-order valence-electron chi connectivity index (χ4n) is 5.31. The molecular formula is C33H36N4O4S. The highest BCUT2D eigenvalue weighted by Gasteiger charge is 2.27. The molecule has 0 atom stereocenters. The number of anilines is 2. The molecule has 0 aliphatic carbocycles. The third-order valence-corrected chi connectivity index (χ3v) is 8.50. The normalized spacial score (nSPS) is 12.0. The van der Waals surface area contributed by atoms with Crippen molar-refractivity contribution in [2.75, 3.05) is 37.0 Å². The lowest BCUT2D eigenvalue weighted by Gasteiger charge is -2.23. The number of nitrogens with two attached hydrogens (primary N) is 1. The molecule has 8 nitrogen and oxygen atoms in total. The van der Waals surface area contributed by atoms with Crippen molar-refractivity contribution in [1.82, 2.24) is 4.98 Å². The number of fused-ring (bicyclic) bond motifs is 3. The van der Waals surface area contributed by atoms with E-state index in [1.165, 1.54) is 12.7 Å². The van der Waals surface area contributed by atoms with Gasteiger partial charge in [0.25, 0.3) is 5.91 Å². The summed E-state index contributed by atoms with van der Waals surface area (Å²) in [5.74, 6) is 0.460. The molecule has 0 saturated heterocycles. The molecule has 5 rings (SSSR count). The van der Waals surface area contributed by atoms with Crippen LogP contribution >= 0.6 is 11.3 Å². The first-order valence-corrected chi connectivity index (χ1v) is 15.1. The van der Waals surface area contributed by atoms with Gasteiger partial charge in [-0.2, -0.15) is 0 Å². The van der Waals surface area contributed by atoms with E-state index < -0.39 is 5.97 Å². The van der Waals surface area contributed by atoms with Crippen LogP contribution in [0.2, 0.25) is 0 Å². The van der Waals surface area contributed by atoms with Crippen molar-refractivity contribution in [1.29, 1.82) is 0 Å². The fraction of sp³-hybridized carbons (Fsp3) is 0.303. The number of carbonyl (C=O) groups is 2. The van der Waals surface area contributed by atoms with Crippen LogP contribution in [-0.4, -0.2) is 43.7 Å². The van der Waals surface area contributed by atoms with E-state index in [4.69, 9.17) is 20.2 Å². The Hall–Kier alpha value is -4.21. The van der Waals surface area contributed by atoms with Crippen LogP contribution in [-0.2, 0) is 17.7 Å². The second kappa shape index (κ2) is 12.8. The molecule has 0 radical (unpaired) electrons. The maximum atomic E-state index is 14.1. The van der Waals surface area contributed by atoms with Gasteiger partial charge < -0.3 is 25.4 Å². The van der Waals surface area contributed by atoms with Gasteiger partial charge in [0.15, 0.2) is 5.69 Å². The number of ether oxygens (including phenoxy) is 2. The van der Waals surface area contributed by atoms with E-state index in [-0.39, 0.29) is 11.6 Å². The van der Waals surface area contributed by atoms with Crippen LogP contribution in [0.25, 0.3) is 21.6 Å². The van der Waals surface area contributed by atoms with E-state index >= 15 is 0 Å². The van der Waals surface area contributed by atoms with Gasteiger partial charge in [0, 0.05) is 58.9 Å². The predicted molar refractivity (Wildman–Crippen MR) is 169 cm³/mol. The minimum absolute atomic E-state index is 0.146. The molecule has 2 aromatic heterocycles. The van der Waals surface area contributed by atoms with Gasteiger partial charge in [-0.25, -0.2) is 9.78 Å². The highest BCUT2D eigenvalue weighted by Crippen LogP contribution is 2.43. The monoisotopic (exact) mass is 584 g/mol. The van der Waals surface area contributed by atoms with Crippen LogP contribution < -0.4 is 20.7 Å². The zero-order valence-corrected chi connectivity index (χ0v) is 25.3. The average molecular weight is 585 g/mol. The van der Waals surface area contributed by atoms with Crippen LogP contribution in [0.4, 0.5) is 11.5 Å². The molecule has 0 spiro atoms. The zero-order chi connectivity index (χ0) is 29.8. The topological polar surface area (TPSA) is 107 Å². The van der Waals surface area contributed by atoms with Gasteiger partial charge in [0.1, 0.15) is 11.6 Å². The second-order valence-electron chi connectivity index (χ2n) is 10.2. The van der Waals surface area contributed by atoms with E-state index in [1.54, 1.807) is 11.3 Å². The number of amides is 1. The molecule has 3 N–H and O–H groups in total. The lowest BCUT2D eigenvalue weighted by atomic mass is 9.93. The zero-order valence-electron chi connectivity index (χ0n) is 24.5. The Morgan fingerprint density at radius 2 is 1.93 bits per heavy atom. The summed E-state index contributed by atoms with van der Waals surface area (Å²) in [5.41, 5.74) is 12.0. The maximum Gasteiger partial charge on any atom is 0.357 e. The Morgan fingerprint density at radius 1 is 1.10 bits per heavy atom. The number of pyridine rings is 1. The Balaban J connectivity index is 1.69. The number of aryl methyl sites for hydroxylation is 1. The minimum atomic E-state index is -0.574. The summed E-state index contributed by atoms with van der Waals surface area (Å²) >= 11 is 1.62. The van der Waals surface area contributed by atoms with E-state index in [1.807, 2.05) is 49.4 Å². The van der Waals surface area contributed by atoms with E-state index in [9.17, 15) is 9.59 Å². The third-order valence-electron chi connectivity index (χ3n) is 7.51. The maximum absolute atomic E-state index is 14.1. The van der Waals surface area contributed by atoms with Crippen LogP contribution in [0.1, 0.15) is 57.8 Å². The van der Waals surface area contributed by atoms with Crippen LogP contribution in [0.5, 0.6) is 5.75 Å². The number of hydrogen-bond acceptors (Lipinski definition) is 8. The van der Waals surface area contributed by atoms with Crippen molar-refractivity contribution >= 4 is 34.7 Å². The minimum Gasteiger partial charge on any atom is -0.493 e. The SMILES string of the molecule is CCCN(CC)c1ccc(-c2cc3c(cc2C(=O)Nc2ccc(CN)cc2C)-c2sccc2CCO3)c(C(=O)OC)n1. The van der Waals surface area contributed by atoms with E-state index in [2.05, 4.69) is 35.5 Å². The van der Waals surface area contributed by atoms with Gasteiger partial charge in [0.2, 0.25) is 0 Å². The number of benzene rings is 2. The molecule has 0 bridgehead atoms. The van der Waals surface area contributed by atoms with Crippen molar-refractivity contribution in [3.8, 4) is 27.3 Å². The summed E-state index contributed by atoms with van der Waals surface area (Å²) in [5, 5.41) is 5.14. The molecule has 1 amide bonds. The average Bonchev–Trinajstić information content (AvgIpc) is 3.41. The molecule has 9 heteroatoms. The van der Waals surface area contributed by atoms with E-state index in [0.717, 1.165) is 47.5 Å². The number of methoxy groups -OCH3 is 1. The van der Waals surface area contributed by atoms with Gasteiger partial charge in [-0.05, 0) is 78.7 Å². The lowest BCUT2D eigenvalue weighted by molar-refractivity contribution is 0.0595. The Bertz CT molecular complexity index is 1630. The summed E-state index contributed by atoms with van der Waals surface area (Å²) in [6, 6.07) is 15.3. The second-order valence-corrected chi connectivity index (χ2v) is 11.1. The van der Waals surface area contributed by atoms with Crippen LogP contribution in [0.15, 0.2) is 53.9 Å². The number of nitrogens with zero attached hydrogens (tertiary/aromatic N) is 2. The van der Waals surface area contributed by atoms with Gasteiger partial charge in [-0.1, -0.05) is 19.1 Å². The van der Waals surface area contributed by atoms with Gasteiger partial charge in [0.05, 0.1) is 13.7 Å². The highest BCUT2D eigenvalue weighted by atomic mass is 32.1. The first-order valence-electron chi connectivity index (χ1n) is 14.2. The number of carbonyl (C=O) groups excluding carboxylic acids is 2. The standard InChI is InChI=1S/C33H36N4O4S/c1-5-13-37(6-2)29-10-8-23(30(36-29)33(39)40-4)24-18-28-26(31-22(11-14-41-28)12-15-42-31)17-25(24)32(38)35-27-9-7-21(19-34)16-20(27)3/h7-10,12,15-18H,5-6,11,13-14,19,34H2,1-4H3,(H,35,38). The summed E-state index contributed by atoms with van der Waals surface area (Å²) in [6.07, 6.45) is 1.71. The van der Waals surface area contributed by atoms with Crippen molar-refractivity contribution < 1.29 is 19.1 Å². The Kier molecular flexibility index (Phi) is 8.89. The molecule has 42 heavy (non-hydrogen) atoms. The molecule has 2 aromatic carbocycles. The molecule has 3 heterocycles. The summed E-state index contributed by atoms with van der Waals surface area (Å²) in [6.45, 7) is 8.56. The number of rotatable bonds is 9. The number of thiophene rings is 1. The van der Waals surface area contributed by atoms with Gasteiger partial charge in [-0.3, -0.25) is 4.79 Å². The molecule has 0 fully saturated rings. The Labute approximate surface area is 250 Å². The molecule has 218 valence electrons. The number of nitrogens with one attached hydrogen (secondary N) is 1. The lowest BCUT2D eigenvalue weighted by Crippen LogP contribution is -2.25. The van der Waals surface area contributed by atoms with Crippen molar-refractivity contribution in [3.05, 3.63) is 81.9 Å². The van der Waals surface area contributed by atoms with Crippen LogP contribution in [0, 0.1) is 6.92 Å². The molecule has 4 aromatic rings. The number of esters is 1. The number of hydrogen-bond donors (Lipinski definition) is 2. The predicted octanol–water partition coefficient (Wildman–Crippen LogP) is 6.45. The Morgan fingerprint density at radius 3 is 2.64 bits per heavy atom. The van der Waals surface area contributed by atoms with Crippen molar-refractivity contribution in [2.24, 2.45) is 5.73 Å². The molecule has 0 unspecified atom stereocenters. The molecular weight excluding hydrogens is 548 g/mol.